The van der Waals surface area contributed by atoms with Gasteiger partial charge < -0.3 is 0 Å². The number of sulfonamides is 1. The Morgan fingerprint density at radius 2 is 1.90 bits per heavy atom. The maximum atomic E-state index is 12.8. The molecule has 0 amide bonds. The zero-order chi connectivity index (χ0) is 15.0. The lowest BCUT2D eigenvalue weighted by molar-refractivity contribution is -0.139. The Morgan fingerprint density at radius 1 is 1.30 bits per heavy atom. The van der Waals surface area contributed by atoms with E-state index in [0.717, 1.165) is 31.0 Å². The molecule has 3 nitrogen and oxygen atoms in total. The van der Waals surface area contributed by atoms with Gasteiger partial charge in [-0.1, -0.05) is 12.1 Å². The maximum absolute atomic E-state index is 12.8. The van der Waals surface area contributed by atoms with Crippen LogP contribution in [0.15, 0.2) is 29.2 Å². The number of hydrogen-bond donors (Lipinski definition) is 1. The van der Waals surface area contributed by atoms with Gasteiger partial charge in [0, 0.05) is 11.9 Å². The SMILES string of the molecule is O=S(=O)(NCC(Cl)C1CC1)c1ccccc1C(F)(F)F. The fraction of sp³-hybridized carbons (Fsp3) is 0.500. The van der Waals surface area contributed by atoms with E-state index in [1.165, 1.54) is 6.07 Å². The molecule has 0 saturated heterocycles. The summed E-state index contributed by atoms with van der Waals surface area (Å²) in [5.74, 6) is 0.247. The van der Waals surface area contributed by atoms with Crippen LogP contribution in [0.4, 0.5) is 13.2 Å². The highest BCUT2D eigenvalue weighted by atomic mass is 35.5. The number of benzene rings is 1. The molecule has 1 unspecified atom stereocenters. The first kappa shape index (κ1) is 15.6. The lowest BCUT2D eigenvalue weighted by Crippen LogP contribution is -2.32. The van der Waals surface area contributed by atoms with E-state index >= 15 is 0 Å². The molecule has 1 saturated carbocycles. The Labute approximate surface area is 120 Å². The highest BCUT2D eigenvalue weighted by Gasteiger charge is 2.37. The molecule has 1 atom stereocenters. The van der Waals surface area contributed by atoms with Gasteiger partial charge in [-0.25, -0.2) is 13.1 Å². The van der Waals surface area contributed by atoms with E-state index in [9.17, 15) is 21.6 Å². The van der Waals surface area contributed by atoms with E-state index in [0.29, 0.717) is 0 Å². The van der Waals surface area contributed by atoms with Gasteiger partial charge in [-0.2, -0.15) is 13.2 Å². The molecular weight excluding hydrogens is 315 g/mol. The zero-order valence-corrected chi connectivity index (χ0v) is 11.9. The molecule has 112 valence electrons. The van der Waals surface area contributed by atoms with Gasteiger partial charge >= 0.3 is 6.18 Å². The molecule has 1 fully saturated rings. The van der Waals surface area contributed by atoms with Crippen molar-refractivity contribution in [2.75, 3.05) is 6.54 Å². The molecule has 8 heteroatoms. The van der Waals surface area contributed by atoms with Crippen LogP contribution in [0.25, 0.3) is 0 Å². The van der Waals surface area contributed by atoms with E-state index in [2.05, 4.69) is 4.72 Å². The van der Waals surface area contributed by atoms with Crippen molar-refractivity contribution in [3.8, 4) is 0 Å². The average Bonchev–Trinajstić information content (AvgIpc) is 3.19. The van der Waals surface area contributed by atoms with Crippen molar-refractivity contribution >= 4 is 21.6 Å². The smallest absolute Gasteiger partial charge is 0.210 e. The molecule has 0 spiro atoms. The van der Waals surface area contributed by atoms with Crippen LogP contribution in [0, 0.1) is 5.92 Å². The highest BCUT2D eigenvalue weighted by Crippen LogP contribution is 2.36. The molecular formula is C12H13ClF3NO2S. The summed E-state index contributed by atoms with van der Waals surface area (Å²) in [6.07, 6.45) is -2.87. The first-order chi connectivity index (χ1) is 9.22. The molecule has 0 radical (unpaired) electrons. The van der Waals surface area contributed by atoms with Crippen LogP contribution in [-0.4, -0.2) is 20.3 Å². The van der Waals surface area contributed by atoms with Crippen LogP contribution < -0.4 is 4.72 Å². The normalized spacial score (nSPS) is 18.0. The fourth-order valence-electron chi connectivity index (χ4n) is 1.83. The van der Waals surface area contributed by atoms with E-state index in [4.69, 9.17) is 11.6 Å². The molecule has 1 aliphatic rings. The van der Waals surface area contributed by atoms with Crippen LogP contribution >= 0.6 is 11.6 Å². The third-order valence-electron chi connectivity index (χ3n) is 3.08. The van der Waals surface area contributed by atoms with Crippen LogP contribution in [0.2, 0.25) is 0 Å². The van der Waals surface area contributed by atoms with E-state index in [1.54, 1.807) is 0 Å². The monoisotopic (exact) mass is 327 g/mol. The molecule has 0 bridgehead atoms. The molecule has 0 aromatic heterocycles. The predicted molar refractivity (Wildman–Crippen MR) is 69.0 cm³/mol. The Bertz CT molecular complexity index is 585. The minimum atomic E-state index is -4.72. The molecule has 1 aliphatic carbocycles. The van der Waals surface area contributed by atoms with Gasteiger partial charge in [0.05, 0.1) is 10.5 Å². The van der Waals surface area contributed by atoms with E-state index in [1.807, 2.05) is 0 Å². The number of halogens is 4. The van der Waals surface area contributed by atoms with Gasteiger partial charge in [0.15, 0.2) is 0 Å². The Kier molecular flexibility index (Phi) is 4.32. The highest BCUT2D eigenvalue weighted by molar-refractivity contribution is 7.89. The topological polar surface area (TPSA) is 46.2 Å². The Morgan fingerprint density at radius 3 is 2.45 bits per heavy atom. The number of hydrogen-bond acceptors (Lipinski definition) is 2. The van der Waals surface area contributed by atoms with Gasteiger partial charge in [-0.15, -0.1) is 11.6 Å². The van der Waals surface area contributed by atoms with Crippen molar-refractivity contribution in [1.29, 1.82) is 0 Å². The lowest BCUT2D eigenvalue weighted by Gasteiger charge is -2.15. The molecule has 0 heterocycles. The summed E-state index contributed by atoms with van der Waals surface area (Å²) in [6.45, 7) is -0.0687. The Hall–Kier alpha value is -0.790. The molecule has 20 heavy (non-hydrogen) atoms. The first-order valence-corrected chi connectivity index (χ1v) is 7.94. The van der Waals surface area contributed by atoms with Crippen LogP contribution in [0.3, 0.4) is 0 Å². The predicted octanol–water partition coefficient (Wildman–Crippen LogP) is 3.00. The minimum Gasteiger partial charge on any atom is -0.210 e. The second kappa shape index (κ2) is 5.54. The summed E-state index contributed by atoms with van der Waals surface area (Å²) in [5.41, 5.74) is -1.18. The minimum absolute atomic E-state index is 0.0687. The van der Waals surface area contributed by atoms with Crippen molar-refractivity contribution in [3.05, 3.63) is 29.8 Å². The van der Waals surface area contributed by atoms with Crippen molar-refractivity contribution < 1.29 is 21.6 Å². The number of rotatable bonds is 5. The number of alkyl halides is 4. The fourth-order valence-corrected chi connectivity index (χ4v) is 3.53. The first-order valence-electron chi connectivity index (χ1n) is 6.02. The standard InChI is InChI=1S/C12H13ClF3NO2S/c13-10(8-5-6-8)7-17-20(18,19)11-4-2-1-3-9(11)12(14,15)16/h1-4,8,10,17H,5-7H2. The van der Waals surface area contributed by atoms with Crippen LogP contribution in [-0.2, 0) is 16.2 Å². The second-order valence-electron chi connectivity index (χ2n) is 4.70. The van der Waals surface area contributed by atoms with Crippen LogP contribution in [0.5, 0.6) is 0 Å². The third-order valence-corrected chi connectivity index (χ3v) is 5.08. The summed E-state index contributed by atoms with van der Waals surface area (Å²) in [5, 5.41) is -0.386. The third kappa shape index (κ3) is 3.65. The molecule has 0 aliphatic heterocycles. The number of nitrogens with one attached hydrogen (secondary N) is 1. The summed E-state index contributed by atoms with van der Waals surface area (Å²) in [6, 6.07) is 4.08. The van der Waals surface area contributed by atoms with Crippen LogP contribution in [0.1, 0.15) is 18.4 Å². The molecule has 1 aromatic rings. The largest absolute Gasteiger partial charge is 0.417 e. The van der Waals surface area contributed by atoms with Crippen molar-refractivity contribution in [2.24, 2.45) is 5.92 Å². The quantitative estimate of drug-likeness (QED) is 0.845. The van der Waals surface area contributed by atoms with Crippen molar-refractivity contribution in [2.45, 2.75) is 29.3 Å². The van der Waals surface area contributed by atoms with Gasteiger partial charge in [-0.05, 0) is 30.9 Å². The zero-order valence-electron chi connectivity index (χ0n) is 10.3. The molecule has 1 aromatic carbocycles. The average molecular weight is 328 g/mol. The lowest BCUT2D eigenvalue weighted by atomic mass is 10.2. The van der Waals surface area contributed by atoms with Gasteiger partial charge in [0.2, 0.25) is 10.0 Å². The van der Waals surface area contributed by atoms with E-state index in [-0.39, 0.29) is 17.8 Å². The van der Waals surface area contributed by atoms with Gasteiger partial charge in [0.25, 0.3) is 0 Å². The van der Waals surface area contributed by atoms with E-state index < -0.39 is 26.7 Å². The summed E-state index contributed by atoms with van der Waals surface area (Å²) in [7, 11) is -4.23. The Balaban J connectivity index is 2.20. The second-order valence-corrected chi connectivity index (χ2v) is 7.00. The molecule has 1 N–H and O–H groups in total. The van der Waals surface area contributed by atoms with Crippen molar-refractivity contribution in [1.82, 2.24) is 4.72 Å². The van der Waals surface area contributed by atoms with Gasteiger partial charge in [-0.3, -0.25) is 0 Å². The summed E-state index contributed by atoms with van der Waals surface area (Å²) in [4.78, 5) is -0.771. The van der Waals surface area contributed by atoms with Crippen molar-refractivity contribution in [3.63, 3.8) is 0 Å². The maximum Gasteiger partial charge on any atom is 0.417 e. The summed E-state index contributed by atoms with van der Waals surface area (Å²) < 4.78 is 64.5. The molecule has 2 rings (SSSR count). The summed E-state index contributed by atoms with van der Waals surface area (Å²) >= 11 is 5.95. The van der Waals surface area contributed by atoms with Gasteiger partial charge in [0.1, 0.15) is 0 Å².